The van der Waals surface area contributed by atoms with Gasteiger partial charge in [0.05, 0.1) is 6.54 Å². The summed E-state index contributed by atoms with van der Waals surface area (Å²) in [5, 5.41) is 8.71. The predicted octanol–water partition coefficient (Wildman–Crippen LogP) is 0.638. The Hall–Kier alpha value is -0.940. The Morgan fingerprint density at radius 2 is 2.11 bits per heavy atom. The molecule has 1 aromatic heterocycles. The van der Waals surface area contributed by atoms with Crippen molar-refractivity contribution >= 4 is 31.9 Å². The van der Waals surface area contributed by atoms with Gasteiger partial charge in [-0.15, -0.1) is 0 Å². The Bertz CT molecular complexity index is 549. The fourth-order valence-corrected chi connectivity index (χ4v) is 3.11. The second-order valence-corrected chi connectivity index (χ2v) is 5.76. The van der Waals surface area contributed by atoms with E-state index in [1.807, 2.05) is 0 Å². The third-order valence-corrected chi connectivity index (χ3v) is 4.40. The van der Waals surface area contributed by atoms with Crippen LogP contribution >= 0.6 is 15.9 Å². The second kappa shape index (κ2) is 6.48. The lowest BCUT2D eigenvalue weighted by Gasteiger charge is -2.13. The Morgan fingerprint density at radius 1 is 1.53 bits per heavy atom. The first kappa shape index (κ1) is 16.1. The molecule has 0 aliphatic carbocycles. The van der Waals surface area contributed by atoms with E-state index in [0.29, 0.717) is 0 Å². The van der Waals surface area contributed by atoms with Crippen molar-refractivity contribution in [3.63, 3.8) is 0 Å². The first-order chi connectivity index (χ1) is 8.81. The SMILES string of the molecule is COC(CNS(=O)(=O)c1cc(C(=O)O)oc1Br)OC. The Labute approximate surface area is 117 Å². The molecule has 1 rings (SSSR count). The van der Waals surface area contributed by atoms with Crippen molar-refractivity contribution in [1.82, 2.24) is 4.72 Å². The lowest BCUT2D eigenvalue weighted by molar-refractivity contribution is -0.0960. The van der Waals surface area contributed by atoms with Gasteiger partial charge in [-0.3, -0.25) is 0 Å². The smallest absolute Gasteiger partial charge is 0.371 e. The normalized spacial score (nSPS) is 12.0. The molecule has 0 fully saturated rings. The number of methoxy groups -OCH3 is 2. The van der Waals surface area contributed by atoms with Gasteiger partial charge < -0.3 is 19.0 Å². The topological polar surface area (TPSA) is 115 Å². The van der Waals surface area contributed by atoms with E-state index in [2.05, 4.69) is 20.7 Å². The van der Waals surface area contributed by atoms with Gasteiger partial charge in [0.2, 0.25) is 15.8 Å². The summed E-state index contributed by atoms with van der Waals surface area (Å²) in [4.78, 5) is 10.4. The monoisotopic (exact) mass is 357 g/mol. The average Bonchev–Trinajstić information content (AvgIpc) is 2.73. The van der Waals surface area contributed by atoms with Crippen molar-refractivity contribution in [1.29, 1.82) is 0 Å². The first-order valence-corrected chi connectivity index (χ1v) is 7.17. The van der Waals surface area contributed by atoms with Gasteiger partial charge in [-0.05, 0) is 15.9 Å². The molecule has 10 heteroatoms. The molecule has 108 valence electrons. The summed E-state index contributed by atoms with van der Waals surface area (Å²) in [5.74, 6) is -1.85. The predicted molar refractivity (Wildman–Crippen MR) is 66.4 cm³/mol. The molecule has 0 aliphatic heterocycles. The van der Waals surface area contributed by atoms with E-state index < -0.39 is 28.0 Å². The largest absolute Gasteiger partial charge is 0.475 e. The van der Waals surface area contributed by atoms with Gasteiger partial charge in [0.1, 0.15) is 4.90 Å². The number of rotatable bonds is 7. The highest BCUT2D eigenvalue weighted by Crippen LogP contribution is 2.26. The van der Waals surface area contributed by atoms with Crippen LogP contribution in [-0.4, -0.2) is 46.5 Å². The number of carbonyl (C=O) groups is 1. The van der Waals surface area contributed by atoms with Crippen LogP contribution in [0.25, 0.3) is 0 Å². The molecule has 0 atom stereocenters. The molecule has 2 N–H and O–H groups in total. The molecule has 0 saturated heterocycles. The summed E-state index contributed by atoms with van der Waals surface area (Å²) >= 11 is 2.85. The molecule has 19 heavy (non-hydrogen) atoms. The molecule has 0 bridgehead atoms. The van der Waals surface area contributed by atoms with Crippen molar-refractivity contribution in [3.8, 4) is 0 Å². The number of nitrogens with one attached hydrogen (secondary N) is 1. The number of hydrogen-bond donors (Lipinski definition) is 2. The molecule has 0 spiro atoms. The van der Waals surface area contributed by atoms with Gasteiger partial charge in [0.25, 0.3) is 0 Å². The molecule has 8 nitrogen and oxygen atoms in total. The molecule has 0 aliphatic rings. The van der Waals surface area contributed by atoms with Gasteiger partial charge in [-0.2, -0.15) is 0 Å². The Balaban J connectivity index is 2.91. The van der Waals surface area contributed by atoms with Gasteiger partial charge >= 0.3 is 5.97 Å². The molecule has 1 aromatic rings. The highest BCUT2D eigenvalue weighted by atomic mass is 79.9. The van der Waals surface area contributed by atoms with E-state index in [9.17, 15) is 13.2 Å². The van der Waals surface area contributed by atoms with E-state index in [4.69, 9.17) is 19.0 Å². The number of hydrogen-bond acceptors (Lipinski definition) is 6. The maximum atomic E-state index is 11.9. The van der Waals surface area contributed by atoms with Crippen LogP contribution < -0.4 is 4.72 Å². The third-order valence-electron chi connectivity index (χ3n) is 2.12. The molecule has 0 unspecified atom stereocenters. The summed E-state index contributed by atoms with van der Waals surface area (Å²) in [7, 11) is -1.21. The Morgan fingerprint density at radius 3 is 2.53 bits per heavy atom. The fraction of sp³-hybridized carbons (Fsp3) is 0.444. The number of furan rings is 1. The number of carboxylic acids is 1. The molecule has 0 radical (unpaired) electrons. The maximum Gasteiger partial charge on any atom is 0.371 e. The van der Waals surface area contributed by atoms with Crippen molar-refractivity contribution in [3.05, 3.63) is 16.5 Å². The van der Waals surface area contributed by atoms with E-state index in [0.717, 1.165) is 6.07 Å². The minimum absolute atomic E-state index is 0.130. The van der Waals surface area contributed by atoms with Crippen LogP contribution in [-0.2, 0) is 19.5 Å². The fourth-order valence-electron chi connectivity index (χ4n) is 1.16. The van der Waals surface area contributed by atoms with E-state index in [1.54, 1.807) is 0 Å². The highest BCUT2D eigenvalue weighted by molar-refractivity contribution is 9.10. The van der Waals surface area contributed by atoms with Crippen molar-refractivity contribution in [2.24, 2.45) is 0 Å². The van der Waals surface area contributed by atoms with E-state index >= 15 is 0 Å². The lowest BCUT2D eigenvalue weighted by Crippen LogP contribution is -2.34. The zero-order valence-corrected chi connectivity index (χ0v) is 12.4. The van der Waals surface area contributed by atoms with Crippen LogP contribution in [0.1, 0.15) is 10.6 Å². The number of halogens is 1. The maximum absolute atomic E-state index is 11.9. The summed E-state index contributed by atoms with van der Waals surface area (Å²) in [6, 6.07) is 0.906. The van der Waals surface area contributed by atoms with Crippen LogP contribution in [0, 0.1) is 0 Å². The number of ether oxygens (including phenoxy) is 2. The van der Waals surface area contributed by atoms with Crippen LogP contribution in [0.5, 0.6) is 0 Å². The number of sulfonamides is 1. The summed E-state index contributed by atoms with van der Waals surface area (Å²) in [5.41, 5.74) is 0. The average molecular weight is 358 g/mol. The van der Waals surface area contributed by atoms with Crippen LogP contribution in [0.2, 0.25) is 0 Å². The third kappa shape index (κ3) is 4.01. The lowest BCUT2D eigenvalue weighted by atomic mass is 10.5. The van der Waals surface area contributed by atoms with Gasteiger partial charge in [0, 0.05) is 20.3 Å². The van der Waals surface area contributed by atoms with Crippen LogP contribution in [0.15, 0.2) is 20.0 Å². The zero-order valence-electron chi connectivity index (χ0n) is 10.0. The molecule has 1 heterocycles. The number of aromatic carboxylic acids is 1. The van der Waals surface area contributed by atoms with Gasteiger partial charge in [0.15, 0.2) is 11.0 Å². The first-order valence-electron chi connectivity index (χ1n) is 4.89. The van der Waals surface area contributed by atoms with Gasteiger partial charge in [-0.25, -0.2) is 17.9 Å². The minimum Gasteiger partial charge on any atom is -0.475 e. The second-order valence-electron chi connectivity index (χ2n) is 3.31. The molecule has 0 amide bonds. The zero-order chi connectivity index (χ0) is 14.6. The van der Waals surface area contributed by atoms with Crippen LogP contribution in [0.3, 0.4) is 0 Å². The summed E-state index contributed by atoms with van der Waals surface area (Å²) in [6.07, 6.45) is -0.751. The molecule has 0 aromatic carbocycles. The quantitative estimate of drug-likeness (QED) is 0.687. The minimum atomic E-state index is -3.93. The van der Waals surface area contributed by atoms with Crippen molar-refractivity contribution < 1.29 is 32.2 Å². The Kier molecular flexibility index (Phi) is 5.50. The summed E-state index contributed by atoms with van der Waals surface area (Å²) < 4.78 is 40.3. The summed E-state index contributed by atoms with van der Waals surface area (Å²) in [6.45, 7) is -0.130. The molecular weight excluding hydrogens is 346 g/mol. The van der Waals surface area contributed by atoms with Gasteiger partial charge in [-0.1, -0.05) is 0 Å². The number of carboxylic acid groups (broad SMARTS) is 1. The van der Waals surface area contributed by atoms with Crippen molar-refractivity contribution in [2.75, 3.05) is 20.8 Å². The van der Waals surface area contributed by atoms with Crippen LogP contribution in [0.4, 0.5) is 0 Å². The van der Waals surface area contributed by atoms with E-state index in [-0.39, 0.29) is 16.1 Å². The highest BCUT2D eigenvalue weighted by Gasteiger charge is 2.25. The van der Waals surface area contributed by atoms with Crippen molar-refractivity contribution in [2.45, 2.75) is 11.2 Å². The van der Waals surface area contributed by atoms with E-state index in [1.165, 1.54) is 14.2 Å². The molecular formula is C9H12BrNO7S. The standard InChI is InChI=1S/C9H12BrNO7S/c1-16-7(17-2)4-11-19(14,15)6-3-5(9(12)13)18-8(6)10/h3,7,11H,4H2,1-2H3,(H,12,13). The molecule has 0 saturated carbocycles.